The van der Waals surface area contributed by atoms with Crippen molar-refractivity contribution in [3.05, 3.63) is 35.4 Å². The van der Waals surface area contributed by atoms with Crippen LogP contribution in [-0.4, -0.2) is 18.1 Å². The average molecular weight is 259 g/mol. The zero-order valence-corrected chi connectivity index (χ0v) is 11.3. The van der Waals surface area contributed by atoms with Crippen molar-refractivity contribution in [1.82, 2.24) is 5.32 Å². The molecule has 96 valence electrons. The molecule has 0 aliphatic carbocycles. The van der Waals surface area contributed by atoms with E-state index in [0.29, 0.717) is 5.25 Å². The summed E-state index contributed by atoms with van der Waals surface area (Å²) in [7, 11) is 0. The molecule has 1 aromatic rings. The fraction of sp³-hybridized carbons (Fsp3) is 0.538. The summed E-state index contributed by atoms with van der Waals surface area (Å²) in [4.78, 5) is 0. The van der Waals surface area contributed by atoms with Gasteiger partial charge in [0.1, 0.15) is 0 Å². The predicted molar refractivity (Wildman–Crippen MR) is 70.4 cm³/mol. The molecule has 0 amide bonds. The molecule has 1 aromatic carbocycles. The zero-order valence-electron chi connectivity index (χ0n) is 10.5. The normalized spacial score (nSPS) is 14.6. The first kappa shape index (κ1) is 14.5. The van der Waals surface area contributed by atoms with Crippen LogP contribution < -0.4 is 5.32 Å². The second-order valence-electron chi connectivity index (χ2n) is 4.18. The molecule has 0 aromatic heterocycles. The summed E-state index contributed by atoms with van der Waals surface area (Å²) in [6.07, 6.45) is 3.15. The number of nitrogens with one attached hydrogen (secondary N) is 1. The van der Waals surface area contributed by atoms with Gasteiger partial charge in [0.15, 0.2) is 11.6 Å². The Morgan fingerprint density at radius 1 is 1.24 bits per heavy atom. The summed E-state index contributed by atoms with van der Waals surface area (Å²) >= 11 is 1.83. The smallest absolute Gasteiger partial charge is 0.159 e. The Balaban J connectivity index is 2.46. The van der Waals surface area contributed by atoms with Gasteiger partial charge in [-0.25, -0.2) is 8.78 Å². The Morgan fingerprint density at radius 2 is 1.94 bits per heavy atom. The minimum absolute atomic E-state index is 0.0409. The van der Waals surface area contributed by atoms with E-state index in [1.165, 1.54) is 12.1 Å². The molecule has 1 N–H and O–H groups in total. The maximum Gasteiger partial charge on any atom is 0.159 e. The fourth-order valence-corrected chi connectivity index (χ4v) is 1.87. The van der Waals surface area contributed by atoms with Crippen molar-refractivity contribution in [2.24, 2.45) is 0 Å². The lowest BCUT2D eigenvalue weighted by atomic mass is 10.1. The van der Waals surface area contributed by atoms with Gasteiger partial charge in [0.05, 0.1) is 0 Å². The number of benzene rings is 1. The van der Waals surface area contributed by atoms with Gasteiger partial charge in [-0.1, -0.05) is 13.0 Å². The monoisotopic (exact) mass is 259 g/mol. The van der Waals surface area contributed by atoms with Gasteiger partial charge in [0.2, 0.25) is 0 Å². The largest absolute Gasteiger partial charge is 0.310 e. The van der Waals surface area contributed by atoms with Gasteiger partial charge < -0.3 is 5.32 Å². The highest BCUT2D eigenvalue weighted by Gasteiger charge is 2.09. The van der Waals surface area contributed by atoms with E-state index in [9.17, 15) is 8.78 Å². The van der Waals surface area contributed by atoms with Gasteiger partial charge in [-0.3, -0.25) is 0 Å². The fourth-order valence-electron chi connectivity index (χ4n) is 1.52. The van der Waals surface area contributed by atoms with Gasteiger partial charge in [0.25, 0.3) is 0 Å². The molecule has 0 radical (unpaired) electrons. The molecule has 1 nitrogen and oxygen atoms in total. The van der Waals surface area contributed by atoms with Gasteiger partial charge in [-0.15, -0.1) is 0 Å². The van der Waals surface area contributed by atoms with Crippen LogP contribution in [-0.2, 0) is 0 Å². The SMILES string of the molecule is CSC(C)CCNC(C)c1ccc(F)c(F)c1. The number of rotatable bonds is 6. The van der Waals surface area contributed by atoms with Crippen LogP contribution >= 0.6 is 11.8 Å². The topological polar surface area (TPSA) is 12.0 Å². The molecule has 0 saturated heterocycles. The first-order valence-electron chi connectivity index (χ1n) is 5.75. The van der Waals surface area contributed by atoms with Crippen molar-refractivity contribution in [2.75, 3.05) is 12.8 Å². The van der Waals surface area contributed by atoms with Crippen molar-refractivity contribution in [1.29, 1.82) is 0 Å². The summed E-state index contributed by atoms with van der Waals surface area (Å²) < 4.78 is 25.8. The van der Waals surface area contributed by atoms with E-state index in [1.54, 1.807) is 6.07 Å². The Labute approximate surface area is 106 Å². The van der Waals surface area contributed by atoms with Crippen molar-refractivity contribution in [3.63, 3.8) is 0 Å². The van der Waals surface area contributed by atoms with Crippen LogP contribution in [0.5, 0.6) is 0 Å². The van der Waals surface area contributed by atoms with E-state index in [0.717, 1.165) is 18.5 Å². The number of halogens is 2. The molecule has 0 aliphatic heterocycles. The lowest BCUT2D eigenvalue weighted by molar-refractivity contribution is 0.500. The van der Waals surface area contributed by atoms with Crippen molar-refractivity contribution in [3.8, 4) is 0 Å². The molecule has 17 heavy (non-hydrogen) atoms. The molecule has 1 rings (SSSR count). The van der Waals surface area contributed by atoms with E-state index in [-0.39, 0.29) is 6.04 Å². The molecule has 4 heteroatoms. The molecule has 0 fully saturated rings. The molecule has 0 aliphatic rings. The van der Waals surface area contributed by atoms with E-state index in [2.05, 4.69) is 18.5 Å². The number of hydrogen-bond acceptors (Lipinski definition) is 2. The van der Waals surface area contributed by atoms with Crippen LogP contribution in [0.1, 0.15) is 31.9 Å². The van der Waals surface area contributed by atoms with Crippen molar-refractivity contribution < 1.29 is 8.78 Å². The molecular weight excluding hydrogens is 240 g/mol. The van der Waals surface area contributed by atoms with Gasteiger partial charge in [0, 0.05) is 11.3 Å². The molecule has 0 spiro atoms. The standard InChI is InChI=1S/C13H19F2NS/c1-9(17-3)6-7-16-10(2)11-4-5-12(14)13(15)8-11/h4-5,8-10,16H,6-7H2,1-3H3. The number of hydrogen-bond donors (Lipinski definition) is 1. The third-order valence-corrected chi connectivity index (χ3v) is 3.89. The molecule has 0 bridgehead atoms. The average Bonchev–Trinajstić information content (AvgIpc) is 2.32. The summed E-state index contributed by atoms with van der Waals surface area (Å²) in [5.74, 6) is -1.58. The Morgan fingerprint density at radius 3 is 2.53 bits per heavy atom. The van der Waals surface area contributed by atoms with E-state index in [4.69, 9.17) is 0 Å². The molecule has 2 atom stereocenters. The minimum Gasteiger partial charge on any atom is -0.310 e. The van der Waals surface area contributed by atoms with Crippen molar-refractivity contribution >= 4 is 11.8 Å². The first-order valence-corrected chi connectivity index (χ1v) is 7.04. The van der Waals surface area contributed by atoms with Crippen LogP contribution in [0.15, 0.2) is 18.2 Å². The van der Waals surface area contributed by atoms with Crippen LogP contribution in [0.2, 0.25) is 0 Å². The summed E-state index contributed by atoms with van der Waals surface area (Å²) in [5, 5.41) is 3.92. The summed E-state index contributed by atoms with van der Waals surface area (Å²) in [6, 6.07) is 4.09. The lowest BCUT2D eigenvalue weighted by Crippen LogP contribution is -2.22. The van der Waals surface area contributed by atoms with Crippen LogP contribution in [0, 0.1) is 11.6 Å². The van der Waals surface area contributed by atoms with E-state index >= 15 is 0 Å². The third kappa shape index (κ3) is 4.64. The van der Waals surface area contributed by atoms with Crippen LogP contribution in [0.25, 0.3) is 0 Å². The highest BCUT2D eigenvalue weighted by atomic mass is 32.2. The third-order valence-electron chi connectivity index (χ3n) is 2.85. The van der Waals surface area contributed by atoms with Gasteiger partial charge in [-0.2, -0.15) is 11.8 Å². The molecule has 0 saturated carbocycles. The maximum atomic E-state index is 13.0. The van der Waals surface area contributed by atoms with Crippen LogP contribution in [0.3, 0.4) is 0 Å². The molecule has 0 heterocycles. The minimum atomic E-state index is -0.794. The second kappa shape index (κ2) is 6.97. The summed E-state index contributed by atoms with van der Waals surface area (Å²) in [6.45, 7) is 5.01. The molecule has 2 unspecified atom stereocenters. The highest BCUT2D eigenvalue weighted by Crippen LogP contribution is 2.16. The Kier molecular flexibility index (Phi) is 5.92. The van der Waals surface area contributed by atoms with Gasteiger partial charge in [-0.05, 0) is 43.8 Å². The lowest BCUT2D eigenvalue weighted by Gasteiger charge is -2.16. The quantitative estimate of drug-likeness (QED) is 0.835. The van der Waals surface area contributed by atoms with Gasteiger partial charge >= 0.3 is 0 Å². The van der Waals surface area contributed by atoms with E-state index < -0.39 is 11.6 Å². The van der Waals surface area contributed by atoms with Crippen molar-refractivity contribution in [2.45, 2.75) is 31.6 Å². The summed E-state index contributed by atoms with van der Waals surface area (Å²) in [5.41, 5.74) is 0.778. The van der Waals surface area contributed by atoms with E-state index in [1.807, 2.05) is 18.7 Å². The van der Waals surface area contributed by atoms with Crippen LogP contribution in [0.4, 0.5) is 8.78 Å². The second-order valence-corrected chi connectivity index (χ2v) is 5.46. The zero-order chi connectivity index (χ0) is 12.8. The first-order chi connectivity index (χ1) is 8.04. The molecular formula is C13H19F2NS. The number of thioether (sulfide) groups is 1. The maximum absolute atomic E-state index is 13.0. The Bertz CT molecular complexity index is 357. The Hall–Kier alpha value is -0.610. The highest BCUT2D eigenvalue weighted by molar-refractivity contribution is 7.99. The predicted octanol–water partition coefficient (Wildman–Crippen LogP) is 3.76.